The third kappa shape index (κ3) is 9.73. The fraction of sp³-hybridized carbons (Fsp3) is 0. The van der Waals surface area contributed by atoms with Crippen LogP contribution in [0.15, 0.2) is 273 Å². The normalized spacial score (nSPS) is 10.8. The Hall–Kier alpha value is -12.1. The molecule has 83 heavy (non-hydrogen) atoms. The average molecular weight is 1060 g/mol. The molecule has 0 N–H and O–H groups in total. The zero-order chi connectivity index (χ0) is 56.2. The number of hydrogen-bond acceptors (Lipinski definition) is 8. The van der Waals surface area contributed by atoms with Gasteiger partial charge in [-0.25, -0.2) is 9.97 Å². The van der Waals surface area contributed by atoms with Crippen LogP contribution in [0.4, 0.5) is 34.1 Å². The molecular weight excluding hydrogens is 1010 g/mol. The minimum Gasteiger partial charge on any atom is -0.310 e. The Bertz CT molecular complexity index is 4430. The van der Waals surface area contributed by atoms with Crippen LogP contribution in [-0.2, 0) is 0 Å². The lowest BCUT2D eigenvalue weighted by Crippen LogP contribution is -2.09. The van der Waals surface area contributed by atoms with E-state index in [4.69, 9.17) is 9.97 Å². The summed E-state index contributed by atoms with van der Waals surface area (Å²) >= 11 is 0. The van der Waals surface area contributed by atoms with Gasteiger partial charge in [0.05, 0.1) is 62.5 Å². The minimum absolute atomic E-state index is 0.364. The fourth-order valence-electron chi connectivity index (χ4n) is 11.0. The molecule has 0 fully saturated rings. The fourth-order valence-corrected chi connectivity index (χ4v) is 11.0. The molecule has 0 amide bonds. The van der Waals surface area contributed by atoms with Crippen LogP contribution in [0.3, 0.4) is 0 Å². The molecular formula is C74H45N9. The van der Waals surface area contributed by atoms with Crippen LogP contribution in [0.25, 0.3) is 83.6 Å². The molecule has 0 bridgehead atoms. The van der Waals surface area contributed by atoms with Gasteiger partial charge < -0.3 is 14.4 Å². The number of hydrogen-bond donors (Lipinski definition) is 0. The van der Waals surface area contributed by atoms with Gasteiger partial charge in [0.2, 0.25) is 0 Å². The topological polar surface area (TPSA) is 132 Å². The Morgan fingerprint density at radius 1 is 0.289 bits per heavy atom. The lowest BCUT2D eigenvalue weighted by molar-refractivity contribution is 1.15. The summed E-state index contributed by atoms with van der Waals surface area (Å²) in [6, 6.07) is 100. The first-order chi connectivity index (χ1) is 40.9. The van der Waals surface area contributed by atoms with Crippen molar-refractivity contribution in [3.05, 3.63) is 295 Å². The highest BCUT2D eigenvalue weighted by atomic mass is 15.1. The highest BCUT2D eigenvalue weighted by molar-refractivity contribution is 6.12. The largest absolute Gasteiger partial charge is 0.310 e. The van der Waals surface area contributed by atoms with E-state index in [1.165, 1.54) is 0 Å². The third-order valence-corrected chi connectivity index (χ3v) is 14.9. The summed E-state index contributed by atoms with van der Waals surface area (Å²) < 4.78 is 2.08. The lowest BCUT2D eigenvalue weighted by Gasteiger charge is -2.26. The van der Waals surface area contributed by atoms with E-state index in [9.17, 15) is 21.0 Å². The Kier molecular flexibility index (Phi) is 13.3. The Morgan fingerprint density at radius 3 is 1.10 bits per heavy atom. The summed E-state index contributed by atoms with van der Waals surface area (Å²) in [7, 11) is 0. The molecule has 9 heteroatoms. The third-order valence-electron chi connectivity index (χ3n) is 14.9. The number of nitrogens with zero attached hydrogens (tertiary/aromatic N) is 9. The predicted octanol–water partition coefficient (Wildman–Crippen LogP) is 18.3. The van der Waals surface area contributed by atoms with Crippen LogP contribution in [-0.4, -0.2) is 14.5 Å². The van der Waals surface area contributed by atoms with Crippen LogP contribution >= 0.6 is 0 Å². The van der Waals surface area contributed by atoms with Crippen molar-refractivity contribution in [2.45, 2.75) is 0 Å². The molecule has 11 aromatic carbocycles. The number of nitriles is 4. The summed E-state index contributed by atoms with van der Waals surface area (Å²) in [6.45, 7) is 0. The van der Waals surface area contributed by atoms with E-state index < -0.39 is 0 Å². The smallest absolute Gasteiger partial charge is 0.160 e. The second-order valence-corrected chi connectivity index (χ2v) is 19.9. The van der Waals surface area contributed by atoms with Gasteiger partial charge in [0.25, 0.3) is 0 Å². The molecule has 0 atom stereocenters. The van der Waals surface area contributed by atoms with Crippen molar-refractivity contribution >= 4 is 55.9 Å². The number of para-hydroxylation sites is 4. The van der Waals surface area contributed by atoms with Gasteiger partial charge in [-0.05, 0) is 150 Å². The van der Waals surface area contributed by atoms with Crippen LogP contribution in [0.2, 0.25) is 0 Å². The molecule has 386 valence electrons. The van der Waals surface area contributed by atoms with Crippen LogP contribution in [0.5, 0.6) is 0 Å². The highest BCUT2D eigenvalue weighted by Gasteiger charge is 2.24. The molecule has 0 spiro atoms. The van der Waals surface area contributed by atoms with Crippen molar-refractivity contribution in [2.75, 3.05) is 9.80 Å². The van der Waals surface area contributed by atoms with Gasteiger partial charge in [-0.15, -0.1) is 0 Å². The Labute approximate surface area is 480 Å². The Balaban J connectivity index is 0.888. The van der Waals surface area contributed by atoms with E-state index in [-0.39, 0.29) is 0 Å². The van der Waals surface area contributed by atoms with Crippen molar-refractivity contribution in [1.29, 1.82) is 21.0 Å². The molecule has 0 aliphatic carbocycles. The first kappa shape index (κ1) is 50.4. The summed E-state index contributed by atoms with van der Waals surface area (Å²) in [5, 5.41) is 43.5. The second kappa shape index (κ2) is 21.9. The first-order valence-corrected chi connectivity index (χ1v) is 26.9. The van der Waals surface area contributed by atoms with Gasteiger partial charge in [-0.3, -0.25) is 0 Å². The zero-order valence-electron chi connectivity index (χ0n) is 44.5. The molecule has 13 rings (SSSR count). The molecule has 0 radical (unpaired) electrons. The lowest BCUT2D eigenvalue weighted by atomic mass is 9.95. The molecule has 0 aliphatic heterocycles. The van der Waals surface area contributed by atoms with Crippen molar-refractivity contribution in [1.82, 2.24) is 14.5 Å². The number of benzene rings is 11. The summed E-state index contributed by atoms with van der Waals surface area (Å²) in [5.74, 6) is 0.464. The minimum atomic E-state index is 0.364. The number of aromatic nitrogens is 3. The maximum Gasteiger partial charge on any atom is 0.160 e. The van der Waals surface area contributed by atoms with Gasteiger partial charge >= 0.3 is 0 Å². The Morgan fingerprint density at radius 2 is 0.675 bits per heavy atom. The monoisotopic (exact) mass is 1060 g/mol. The van der Waals surface area contributed by atoms with Crippen molar-refractivity contribution in [3.63, 3.8) is 0 Å². The number of anilines is 6. The number of fused-ring (bicyclic) bond motifs is 3. The molecule has 13 aromatic rings. The molecule has 0 unspecified atom stereocenters. The predicted molar refractivity (Wildman–Crippen MR) is 332 cm³/mol. The van der Waals surface area contributed by atoms with E-state index in [0.717, 1.165) is 89.3 Å². The maximum absolute atomic E-state index is 11.2. The molecule has 0 saturated heterocycles. The van der Waals surface area contributed by atoms with Gasteiger partial charge in [-0.1, -0.05) is 146 Å². The summed E-state index contributed by atoms with van der Waals surface area (Å²) in [4.78, 5) is 14.4. The highest BCUT2D eigenvalue weighted by Crippen LogP contribution is 2.44. The van der Waals surface area contributed by atoms with Crippen LogP contribution < -0.4 is 9.80 Å². The van der Waals surface area contributed by atoms with E-state index in [1.807, 2.05) is 164 Å². The summed E-state index contributed by atoms with van der Waals surface area (Å²) in [6.07, 6.45) is 0. The van der Waals surface area contributed by atoms with Gasteiger partial charge in [0.1, 0.15) is 12.1 Å². The first-order valence-electron chi connectivity index (χ1n) is 26.9. The standard InChI is InChI=1S/C74H45N9/c75-46-50-15-13-17-56(39-50)70-45-69(79-74(80-70)57-18-14-16-51(40-57)47-76)55-33-31-53(32-34-55)52-27-29-54(30-28-52)58-41-59(48-77)73(60(42-58)49-78)83-71-37-35-65(81(61-19-5-1-6-20-61)62-21-7-2-8-22-62)43-67(71)68-44-66(36-38-72(68)83)82(63-23-9-3-10-24-63)64-25-11-4-12-26-64/h1-45H. The van der Waals surface area contributed by atoms with Crippen LogP contribution in [0.1, 0.15) is 22.3 Å². The molecule has 0 aliphatic rings. The quantitative estimate of drug-likeness (QED) is 0.118. The van der Waals surface area contributed by atoms with Gasteiger partial charge in [-0.2, -0.15) is 21.0 Å². The SMILES string of the molecule is N#Cc1cccc(-c2cc(-c3ccc(-c4ccc(-c5cc(C#N)c(-n6c7ccc(N(c8ccccc8)c8ccccc8)cc7c7cc(N(c8ccccc8)c8ccccc8)ccc76)c(C#N)c5)cc4)cc3)nc(-c3cccc(C#N)c3)n2)c1. The van der Waals surface area contributed by atoms with E-state index in [1.54, 1.807) is 24.3 Å². The summed E-state index contributed by atoms with van der Waals surface area (Å²) in [5.41, 5.74) is 17.1. The van der Waals surface area contributed by atoms with Gasteiger partial charge in [0.15, 0.2) is 5.82 Å². The van der Waals surface area contributed by atoms with Gasteiger partial charge in [0, 0.05) is 61.6 Å². The van der Waals surface area contributed by atoms with E-state index >= 15 is 0 Å². The van der Waals surface area contributed by atoms with Crippen molar-refractivity contribution < 1.29 is 0 Å². The van der Waals surface area contributed by atoms with Crippen molar-refractivity contribution in [3.8, 4) is 86.1 Å². The van der Waals surface area contributed by atoms with E-state index in [0.29, 0.717) is 50.7 Å². The number of rotatable bonds is 12. The van der Waals surface area contributed by atoms with E-state index in [2.05, 4.69) is 124 Å². The average Bonchev–Trinajstić information content (AvgIpc) is 3.51. The van der Waals surface area contributed by atoms with Crippen molar-refractivity contribution in [2.24, 2.45) is 0 Å². The molecule has 0 saturated carbocycles. The van der Waals surface area contributed by atoms with Crippen LogP contribution in [0, 0.1) is 45.3 Å². The second-order valence-electron chi connectivity index (χ2n) is 19.9. The maximum atomic E-state index is 11.2. The molecule has 9 nitrogen and oxygen atoms in total. The molecule has 2 aromatic heterocycles. The zero-order valence-corrected chi connectivity index (χ0v) is 44.5. The molecule has 2 heterocycles.